The van der Waals surface area contributed by atoms with Gasteiger partial charge in [-0.2, -0.15) is 0 Å². The van der Waals surface area contributed by atoms with Crippen LogP contribution in [0, 0.1) is 0 Å². The van der Waals surface area contributed by atoms with E-state index < -0.39 is 0 Å². The van der Waals surface area contributed by atoms with Crippen molar-refractivity contribution in [2.45, 2.75) is 25.1 Å². The summed E-state index contributed by atoms with van der Waals surface area (Å²) in [6.07, 6.45) is 0.235. The number of rotatable bonds is 4. The average molecular weight is 267 g/mol. The standard InChI is InChI=1S/C17H17NO2/c19-16-11-15(18-12-13-7-3-1-4-8-13)17(20-16)14-9-5-2-6-10-14/h1-10,15,17-18H,11-12H2/t15-,17+/m1/s1. The maximum absolute atomic E-state index is 11.6. The highest BCUT2D eigenvalue weighted by molar-refractivity contribution is 5.73. The Morgan fingerprint density at radius 3 is 2.35 bits per heavy atom. The van der Waals surface area contributed by atoms with Crippen molar-refractivity contribution in [1.82, 2.24) is 5.32 Å². The summed E-state index contributed by atoms with van der Waals surface area (Å²) in [5.74, 6) is -0.135. The summed E-state index contributed by atoms with van der Waals surface area (Å²) in [6.45, 7) is 0.742. The molecule has 3 heteroatoms. The van der Waals surface area contributed by atoms with Crippen LogP contribution in [0.15, 0.2) is 60.7 Å². The van der Waals surface area contributed by atoms with Gasteiger partial charge in [-0.05, 0) is 11.1 Å². The van der Waals surface area contributed by atoms with Crippen molar-refractivity contribution in [2.24, 2.45) is 0 Å². The molecule has 2 atom stereocenters. The fraction of sp³-hybridized carbons (Fsp3) is 0.235. The van der Waals surface area contributed by atoms with Crippen molar-refractivity contribution >= 4 is 5.97 Å². The van der Waals surface area contributed by atoms with Crippen LogP contribution >= 0.6 is 0 Å². The second-order valence-corrected chi connectivity index (χ2v) is 5.00. The summed E-state index contributed by atoms with van der Waals surface area (Å²) in [5, 5.41) is 3.43. The lowest BCUT2D eigenvalue weighted by Gasteiger charge is -2.19. The SMILES string of the molecule is O=C1C[C@@H](NCc2ccccc2)[C@H](c2ccccc2)O1. The number of esters is 1. The van der Waals surface area contributed by atoms with Gasteiger partial charge in [0, 0.05) is 6.54 Å². The third-order valence-corrected chi connectivity index (χ3v) is 3.55. The highest BCUT2D eigenvalue weighted by Gasteiger charge is 2.35. The van der Waals surface area contributed by atoms with Gasteiger partial charge in [0.1, 0.15) is 6.10 Å². The number of nitrogens with one attached hydrogen (secondary N) is 1. The van der Waals surface area contributed by atoms with Crippen molar-refractivity contribution in [3.63, 3.8) is 0 Å². The number of carbonyl (C=O) groups is 1. The molecule has 0 aliphatic carbocycles. The Morgan fingerprint density at radius 2 is 1.65 bits per heavy atom. The Labute approximate surface area is 118 Å². The Morgan fingerprint density at radius 1 is 1.00 bits per heavy atom. The van der Waals surface area contributed by atoms with E-state index in [1.54, 1.807) is 0 Å². The average Bonchev–Trinajstić information content (AvgIpc) is 2.88. The molecule has 2 aromatic rings. The van der Waals surface area contributed by atoms with Crippen LogP contribution in [-0.4, -0.2) is 12.0 Å². The minimum atomic E-state index is -0.188. The van der Waals surface area contributed by atoms with Crippen LogP contribution in [0.3, 0.4) is 0 Å². The highest BCUT2D eigenvalue weighted by Crippen LogP contribution is 2.30. The van der Waals surface area contributed by atoms with E-state index in [1.807, 2.05) is 48.5 Å². The minimum Gasteiger partial charge on any atom is -0.456 e. The monoisotopic (exact) mass is 267 g/mol. The van der Waals surface area contributed by atoms with Gasteiger partial charge in [0.05, 0.1) is 12.5 Å². The quantitative estimate of drug-likeness (QED) is 0.866. The summed E-state index contributed by atoms with van der Waals surface area (Å²) in [4.78, 5) is 11.6. The van der Waals surface area contributed by atoms with Crippen LogP contribution in [0.25, 0.3) is 0 Å². The molecule has 0 bridgehead atoms. The molecule has 3 nitrogen and oxygen atoms in total. The number of benzene rings is 2. The lowest BCUT2D eigenvalue weighted by Crippen LogP contribution is -2.31. The van der Waals surface area contributed by atoms with Crippen molar-refractivity contribution in [2.75, 3.05) is 0 Å². The number of hydrogen-bond donors (Lipinski definition) is 1. The third-order valence-electron chi connectivity index (χ3n) is 3.55. The Kier molecular flexibility index (Phi) is 3.79. The van der Waals surface area contributed by atoms with Gasteiger partial charge in [-0.3, -0.25) is 4.79 Å². The van der Waals surface area contributed by atoms with Crippen LogP contribution < -0.4 is 5.32 Å². The molecule has 3 rings (SSSR count). The number of hydrogen-bond acceptors (Lipinski definition) is 3. The summed E-state index contributed by atoms with van der Waals surface area (Å²) < 4.78 is 5.45. The summed E-state index contributed by atoms with van der Waals surface area (Å²) in [7, 11) is 0. The molecule has 0 aromatic heterocycles. The van der Waals surface area contributed by atoms with Crippen molar-refractivity contribution in [1.29, 1.82) is 0 Å². The first-order valence-corrected chi connectivity index (χ1v) is 6.84. The summed E-state index contributed by atoms with van der Waals surface area (Å²) >= 11 is 0. The molecule has 0 unspecified atom stereocenters. The van der Waals surface area contributed by atoms with Gasteiger partial charge < -0.3 is 10.1 Å². The maximum Gasteiger partial charge on any atom is 0.308 e. The van der Waals surface area contributed by atoms with Gasteiger partial charge in [-0.25, -0.2) is 0 Å². The highest BCUT2D eigenvalue weighted by atomic mass is 16.6. The zero-order valence-corrected chi connectivity index (χ0v) is 11.2. The van der Waals surface area contributed by atoms with Gasteiger partial charge >= 0.3 is 5.97 Å². The van der Waals surface area contributed by atoms with E-state index in [0.717, 1.165) is 12.1 Å². The normalized spacial score (nSPS) is 21.7. The number of ether oxygens (including phenoxy) is 1. The van der Waals surface area contributed by atoms with Crippen molar-refractivity contribution in [3.8, 4) is 0 Å². The number of carbonyl (C=O) groups excluding carboxylic acids is 1. The maximum atomic E-state index is 11.6. The van der Waals surface area contributed by atoms with Crippen LogP contribution in [0.5, 0.6) is 0 Å². The van der Waals surface area contributed by atoms with Gasteiger partial charge in [0.25, 0.3) is 0 Å². The van der Waals surface area contributed by atoms with E-state index in [2.05, 4.69) is 17.4 Å². The second-order valence-electron chi connectivity index (χ2n) is 5.00. The van der Waals surface area contributed by atoms with E-state index >= 15 is 0 Å². The predicted octanol–water partition coefficient (Wildman–Crippen LogP) is 2.83. The molecule has 1 saturated heterocycles. The molecule has 1 aliphatic heterocycles. The van der Waals surface area contributed by atoms with E-state index in [1.165, 1.54) is 5.56 Å². The fourth-order valence-corrected chi connectivity index (χ4v) is 2.53. The van der Waals surface area contributed by atoms with Gasteiger partial charge in [-0.1, -0.05) is 60.7 Å². The Hall–Kier alpha value is -2.13. The molecule has 1 fully saturated rings. The third kappa shape index (κ3) is 2.89. The van der Waals surface area contributed by atoms with E-state index in [-0.39, 0.29) is 18.1 Å². The number of cyclic esters (lactones) is 1. The molecule has 20 heavy (non-hydrogen) atoms. The first kappa shape index (κ1) is 12.9. The Bertz CT molecular complexity index is 568. The molecular weight excluding hydrogens is 250 g/mol. The molecule has 1 N–H and O–H groups in total. The molecule has 1 aliphatic rings. The van der Waals surface area contributed by atoms with Gasteiger partial charge in [-0.15, -0.1) is 0 Å². The molecule has 0 amide bonds. The van der Waals surface area contributed by atoms with Crippen molar-refractivity contribution in [3.05, 3.63) is 71.8 Å². The van der Waals surface area contributed by atoms with Crippen LogP contribution in [-0.2, 0) is 16.1 Å². The lowest BCUT2D eigenvalue weighted by molar-refractivity contribution is -0.141. The summed E-state index contributed by atoms with van der Waals surface area (Å²) in [5.41, 5.74) is 2.25. The fourth-order valence-electron chi connectivity index (χ4n) is 2.53. The molecule has 0 radical (unpaired) electrons. The first-order valence-electron chi connectivity index (χ1n) is 6.84. The zero-order valence-electron chi connectivity index (χ0n) is 11.2. The molecule has 0 saturated carbocycles. The van der Waals surface area contributed by atoms with E-state index in [4.69, 9.17) is 4.74 Å². The predicted molar refractivity (Wildman–Crippen MR) is 77.0 cm³/mol. The molecule has 102 valence electrons. The van der Waals surface area contributed by atoms with Crippen LogP contribution in [0.4, 0.5) is 0 Å². The minimum absolute atomic E-state index is 0.0325. The van der Waals surface area contributed by atoms with E-state index in [0.29, 0.717) is 6.42 Å². The smallest absolute Gasteiger partial charge is 0.308 e. The summed E-state index contributed by atoms with van der Waals surface area (Å²) in [6, 6.07) is 20.1. The zero-order chi connectivity index (χ0) is 13.8. The molecule has 0 spiro atoms. The molecular formula is C17H17NO2. The van der Waals surface area contributed by atoms with Crippen molar-refractivity contribution < 1.29 is 9.53 Å². The van der Waals surface area contributed by atoms with Crippen LogP contribution in [0.1, 0.15) is 23.7 Å². The topological polar surface area (TPSA) is 38.3 Å². The van der Waals surface area contributed by atoms with Gasteiger partial charge in [0.2, 0.25) is 0 Å². The van der Waals surface area contributed by atoms with E-state index in [9.17, 15) is 4.79 Å². The lowest BCUT2D eigenvalue weighted by atomic mass is 10.0. The first-order chi connectivity index (χ1) is 9.83. The second kappa shape index (κ2) is 5.88. The van der Waals surface area contributed by atoms with Gasteiger partial charge in [0.15, 0.2) is 0 Å². The van der Waals surface area contributed by atoms with Crippen LogP contribution in [0.2, 0.25) is 0 Å². The molecule has 2 aromatic carbocycles. The Balaban J connectivity index is 1.69. The molecule has 1 heterocycles. The largest absolute Gasteiger partial charge is 0.456 e.